The minimum atomic E-state index is -1.00. The van der Waals surface area contributed by atoms with Gasteiger partial charge in [-0.2, -0.15) is 11.8 Å². The molecule has 2 aromatic rings. The van der Waals surface area contributed by atoms with Gasteiger partial charge in [0.1, 0.15) is 11.8 Å². The van der Waals surface area contributed by atoms with Crippen LogP contribution in [-0.4, -0.2) is 58.5 Å². The summed E-state index contributed by atoms with van der Waals surface area (Å²) in [5, 5.41) is 20.5. The zero-order valence-electron chi connectivity index (χ0n) is 26.6. The summed E-state index contributed by atoms with van der Waals surface area (Å²) in [6.07, 6.45) is 0.850. The van der Waals surface area contributed by atoms with Gasteiger partial charge in [0.2, 0.25) is 5.91 Å². The van der Waals surface area contributed by atoms with Crippen molar-refractivity contribution in [3.8, 4) is 17.2 Å². The predicted molar refractivity (Wildman–Crippen MR) is 176 cm³/mol. The molecule has 0 aliphatic carbocycles. The van der Waals surface area contributed by atoms with Crippen LogP contribution < -0.4 is 32.0 Å². The van der Waals surface area contributed by atoms with Crippen molar-refractivity contribution >= 4 is 41.3 Å². The summed E-state index contributed by atoms with van der Waals surface area (Å²) < 4.78 is 11.7. The Balaban J connectivity index is 0.000000681. The van der Waals surface area contributed by atoms with E-state index < -0.39 is 23.4 Å². The normalized spacial score (nSPS) is 11.8. The van der Waals surface area contributed by atoms with Gasteiger partial charge in [0.05, 0.1) is 13.5 Å². The maximum atomic E-state index is 12.4. The molecule has 0 fully saturated rings. The summed E-state index contributed by atoms with van der Waals surface area (Å²) >= 11 is 1.76. The van der Waals surface area contributed by atoms with Crippen LogP contribution in [-0.2, 0) is 26.6 Å². The number of carbonyl (C=O) groups excluding carboxylic acids is 1. The van der Waals surface area contributed by atoms with Crippen LogP contribution in [0.2, 0.25) is 0 Å². The fourth-order valence-electron chi connectivity index (χ4n) is 3.33. The van der Waals surface area contributed by atoms with Crippen LogP contribution in [0.1, 0.15) is 65.5 Å². The molecule has 0 aliphatic heterocycles. The highest BCUT2D eigenvalue weighted by Gasteiger charge is 2.22. The molecule has 0 heterocycles. The largest absolute Gasteiger partial charge is 0.493 e. The number of rotatable bonds is 13. The highest BCUT2D eigenvalue weighted by atomic mass is 32.2. The molecule has 9 N–H and O–H groups in total. The monoisotopic (exact) mass is 633 g/mol. The minimum Gasteiger partial charge on any atom is -0.493 e. The van der Waals surface area contributed by atoms with Gasteiger partial charge in [-0.25, -0.2) is 0 Å². The van der Waals surface area contributed by atoms with Crippen molar-refractivity contribution in [3.63, 3.8) is 0 Å². The van der Waals surface area contributed by atoms with E-state index in [1.807, 2.05) is 32.9 Å². The van der Waals surface area contributed by atoms with E-state index in [9.17, 15) is 14.4 Å². The van der Waals surface area contributed by atoms with E-state index in [-0.39, 0.29) is 23.0 Å². The van der Waals surface area contributed by atoms with Gasteiger partial charge in [0.15, 0.2) is 17.5 Å². The maximum Gasteiger partial charge on any atom is 0.320 e. The lowest BCUT2D eigenvalue weighted by Crippen LogP contribution is -2.30. The molecule has 244 valence electrons. The Bertz CT molecular complexity index is 1300. The molecule has 0 aliphatic rings. The number of nitrogens with one attached hydrogen (secondary N) is 1. The number of thioether (sulfide) groups is 1. The van der Waals surface area contributed by atoms with Crippen LogP contribution in [0.15, 0.2) is 41.4 Å². The van der Waals surface area contributed by atoms with E-state index in [2.05, 4.69) is 31.1 Å². The Labute approximate surface area is 263 Å². The van der Waals surface area contributed by atoms with E-state index in [0.29, 0.717) is 53.6 Å². The van der Waals surface area contributed by atoms with E-state index in [1.165, 1.54) is 0 Å². The smallest absolute Gasteiger partial charge is 0.320 e. The first-order valence-corrected chi connectivity index (χ1v) is 15.0. The van der Waals surface area contributed by atoms with Crippen LogP contribution in [0.25, 0.3) is 0 Å². The zero-order chi connectivity index (χ0) is 33.7. The first-order valence-electron chi connectivity index (χ1n) is 14.0. The first kappa shape index (κ1) is 38.1. The number of guanidine groups is 1. The second kappa shape index (κ2) is 17.4. The highest BCUT2D eigenvalue weighted by molar-refractivity contribution is 7.99. The number of amides is 1. The first-order chi connectivity index (χ1) is 20.3. The summed E-state index contributed by atoms with van der Waals surface area (Å²) in [6.45, 7) is 12.4. The van der Waals surface area contributed by atoms with Gasteiger partial charge >= 0.3 is 11.9 Å². The number of aliphatic imine (C=N–C) groups is 1. The fourth-order valence-corrected chi connectivity index (χ4v) is 4.14. The molecule has 0 bridgehead atoms. The number of methoxy groups -OCH3 is 1. The Morgan fingerprint density at radius 2 is 1.61 bits per heavy atom. The third-order valence-electron chi connectivity index (χ3n) is 5.75. The molecule has 1 atom stereocenters. The number of carboxylic acid groups (broad SMARTS) is 2. The molecule has 1 amide bonds. The molecule has 2 aromatic carbocycles. The van der Waals surface area contributed by atoms with Crippen LogP contribution in [0.3, 0.4) is 0 Å². The average molecular weight is 634 g/mol. The lowest BCUT2D eigenvalue weighted by atomic mass is 9.95. The van der Waals surface area contributed by atoms with Crippen molar-refractivity contribution in [2.24, 2.45) is 27.6 Å². The Hall–Kier alpha value is -3.97. The Morgan fingerprint density at radius 1 is 0.977 bits per heavy atom. The van der Waals surface area contributed by atoms with Crippen molar-refractivity contribution in [2.75, 3.05) is 19.0 Å². The lowest BCUT2D eigenvalue weighted by molar-refractivity contribution is -0.139. The second-order valence-electron chi connectivity index (χ2n) is 12.0. The third-order valence-corrected chi connectivity index (χ3v) is 7.07. The van der Waals surface area contributed by atoms with E-state index in [1.54, 1.807) is 43.1 Å². The molecule has 0 spiro atoms. The topological polar surface area (TPSA) is 213 Å². The van der Waals surface area contributed by atoms with Crippen LogP contribution in [0.4, 0.5) is 5.69 Å². The van der Waals surface area contributed by atoms with Gasteiger partial charge in [-0.15, -0.1) is 0 Å². The van der Waals surface area contributed by atoms with Gasteiger partial charge in [0, 0.05) is 33.7 Å². The summed E-state index contributed by atoms with van der Waals surface area (Å²) in [5.74, 6) is 0.291. The van der Waals surface area contributed by atoms with E-state index in [4.69, 9.17) is 36.9 Å². The zero-order valence-corrected chi connectivity index (χ0v) is 27.4. The highest BCUT2D eigenvalue weighted by Crippen LogP contribution is 2.38. The number of hydrogen-bond donors (Lipinski definition) is 6. The number of anilines is 1. The second-order valence-corrected chi connectivity index (χ2v) is 13.8. The molecule has 44 heavy (non-hydrogen) atoms. The van der Waals surface area contributed by atoms with E-state index in [0.717, 1.165) is 5.56 Å². The van der Waals surface area contributed by atoms with Crippen LogP contribution >= 0.6 is 11.8 Å². The fraction of sp³-hybridized carbons (Fsp3) is 0.484. The SMILES string of the molecule is COc1ccc(CC(=O)O)cc1Oc1ccc(NC(=O)C(C)(C)C)cc1CSC(C)(C)C.NC(N)=NCCC[C@H](N)C(=O)O. The van der Waals surface area contributed by atoms with Crippen molar-refractivity contribution in [1.29, 1.82) is 0 Å². The van der Waals surface area contributed by atoms with Crippen molar-refractivity contribution in [2.45, 2.75) is 77.3 Å². The summed E-state index contributed by atoms with van der Waals surface area (Å²) in [5.41, 5.74) is 17.1. The molecular weight excluding hydrogens is 586 g/mol. The lowest BCUT2D eigenvalue weighted by Gasteiger charge is -2.21. The van der Waals surface area contributed by atoms with Gasteiger partial charge in [-0.1, -0.05) is 47.6 Å². The molecular formula is C31H47N5O7S. The number of nitrogens with zero attached hydrogens (tertiary/aromatic N) is 1. The van der Waals surface area contributed by atoms with Crippen LogP contribution in [0, 0.1) is 5.41 Å². The molecule has 0 aromatic heterocycles. The number of carboxylic acids is 2. The van der Waals surface area contributed by atoms with Gasteiger partial charge in [0.25, 0.3) is 0 Å². The maximum absolute atomic E-state index is 12.4. The third kappa shape index (κ3) is 15.0. The number of benzene rings is 2. The molecule has 12 nitrogen and oxygen atoms in total. The number of aliphatic carboxylic acids is 2. The molecule has 0 saturated heterocycles. The molecule has 2 rings (SSSR count). The van der Waals surface area contributed by atoms with E-state index >= 15 is 0 Å². The van der Waals surface area contributed by atoms with Crippen molar-refractivity contribution in [1.82, 2.24) is 0 Å². The number of hydrogen-bond acceptors (Lipinski definition) is 8. The number of nitrogens with two attached hydrogens (primary N) is 3. The van der Waals surface area contributed by atoms with Gasteiger partial charge in [-0.3, -0.25) is 19.4 Å². The van der Waals surface area contributed by atoms with Gasteiger partial charge in [-0.05, 0) is 48.7 Å². The summed E-state index contributed by atoms with van der Waals surface area (Å²) in [7, 11) is 1.54. The molecule has 0 saturated carbocycles. The van der Waals surface area contributed by atoms with Crippen LogP contribution in [0.5, 0.6) is 17.2 Å². The summed E-state index contributed by atoms with van der Waals surface area (Å²) in [4.78, 5) is 37.4. The molecule has 13 heteroatoms. The Kier molecular flexibility index (Phi) is 15.0. The minimum absolute atomic E-state index is 0.0129. The standard InChI is InChI=1S/C25H33NO5S.C6H14N4O2/c1-24(2,3)23(29)26-18-9-11-19(17(14-18)15-32-25(4,5)6)31-21-12-16(13-22(27)28)8-10-20(21)30-7;7-4(5(11)12)2-1-3-10-6(8)9/h8-12,14H,13,15H2,1-7H3,(H,26,29)(H,27,28);4H,1-3,7H2,(H,11,12)(H4,8,9,10)/t;4-/m.0/s1. The van der Waals surface area contributed by atoms with Crippen molar-refractivity contribution in [3.05, 3.63) is 47.5 Å². The summed E-state index contributed by atoms with van der Waals surface area (Å²) in [6, 6.07) is 9.82. The van der Waals surface area contributed by atoms with Gasteiger partial charge < -0.3 is 42.2 Å². The molecule has 0 radical (unpaired) electrons. The number of ether oxygens (including phenoxy) is 2. The van der Waals surface area contributed by atoms with Crippen molar-refractivity contribution < 1.29 is 34.1 Å². The predicted octanol–water partition coefficient (Wildman–Crippen LogP) is 4.58. The molecule has 0 unspecified atom stereocenters. The average Bonchev–Trinajstić information content (AvgIpc) is 2.90. The number of carbonyl (C=O) groups is 3. The quantitative estimate of drug-likeness (QED) is 0.102. The Morgan fingerprint density at radius 3 is 2.14 bits per heavy atom.